The lowest BCUT2D eigenvalue weighted by molar-refractivity contribution is -0.119. The molecule has 0 aliphatic carbocycles. The van der Waals surface area contributed by atoms with Crippen molar-refractivity contribution in [3.05, 3.63) is 18.1 Å². The Kier molecular flexibility index (Phi) is 3.57. The van der Waals surface area contributed by atoms with Crippen LogP contribution in [-0.2, 0) is 4.79 Å². The van der Waals surface area contributed by atoms with Crippen LogP contribution in [0.2, 0.25) is 0 Å². The molecule has 1 saturated heterocycles. The summed E-state index contributed by atoms with van der Waals surface area (Å²) in [5.74, 6) is 0.489. The van der Waals surface area contributed by atoms with E-state index in [0.29, 0.717) is 24.4 Å². The van der Waals surface area contributed by atoms with Crippen molar-refractivity contribution in [2.24, 2.45) is 5.92 Å². The first-order chi connectivity index (χ1) is 10.0. The maximum absolute atomic E-state index is 11.3. The second-order valence-corrected chi connectivity index (χ2v) is 5.53. The highest BCUT2D eigenvalue weighted by atomic mass is 16.5. The number of pyridine rings is 1. The zero-order valence-corrected chi connectivity index (χ0v) is 12.1. The predicted molar refractivity (Wildman–Crippen MR) is 79.3 cm³/mol. The Labute approximate surface area is 124 Å². The summed E-state index contributed by atoms with van der Waals surface area (Å²) in [4.78, 5) is 23.1. The van der Waals surface area contributed by atoms with Crippen LogP contribution in [0, 0.1) is 5.92 Å². The van der Waals surface area contributed by atoms with Crippen LogP contribution in [0.4, 0.5) is 0 Å². The number of hydrogen-bond acceptors (Lipinski definition) is 4. The van der Waals surface area contributed by atoms with Crippen molar-refractivity contribution < 1.29 is 9.53 Å². The van der Waals surface area contributed by atoms with Crippen LogP contribution < -0.4 is 10.1 Å². The van der Waals surface area contributed by atoms with E-state index < -0.39 is 0 Å². The van der Waals surface area contributed by atoms with Crippen LogP contribution in [0.25, 0.3) is 11.0 Å². The molecule has 2 aromatic rings. The van der Waals surface area contributed by atoms with Gasteiger partial charge in [0.15, 0.2) is 5.52 Å². The number of ether oxygens (including phenoxy) is 1. The molecular weight excluding hydrogens is 267 g/mol. The molecule has 2 N–H and O–H groups in total. The summed E-state index contributed by atoms with van der Waals surface area (Å²) >= 11 is 0. The van der Waals surface area contributed by atoms with E-state index in [9.17, 15) is 4.79 Å². The Hall–Kier alpha value is -2.05. The van der Waals surface area contributed by atoms with E-state index in [1.807, 2.05) is 19.9 Å². The molecule has 3 rings (SSSR count). The number of nitrogens with one attached hydrogen (secondary N) is 2. The molecule has 1 aliphatic rings. The molecule has 3 atom stereocenters. The van der Waals surface area contributed by atoms with Gasteiger partial charge in [-0.1, -0.05) is 6.92 Å². The summed E-state index contributed by atoms with van der Waals surface area (Å²) in [6.07, 6.45) is 1.97. The Morgan fingerprint density at radius 3 is 2.95 bits per heavy atom. The number of imidazole rings is 1. The van der Waals surface area contributed by atoms with E-state index in [4.69, 9.17) is 12.6 Å². The summed E-state index contributed by atoms with van der Waals surface area (Å²) < 4.78 is 5.97. The van der Waals surface area contributed by atoms with Gasteiger partial charge in [0.2, 0.25) is 11.8 Å². The van der Waals surface area contributed by atoms with Gasteiger partial charge in [-0.25, -0.2) is 9.97 Å². The Balaban J connectivity index is 1.88. The average molecular weight is 284 g/mol. The molecule has 3 heterocycles. The number of hydrogen-bond donors (Lipinski definition) is 2. The van der Waals surface area contributed by atoms with Crippen molar-refractivity contribution >= 4 is 24.8 Å². The number of rotatable bonds is 4. The van der Waals surface area contributed by atoms with Gasteiger partial charge < -0.3 is 15.0 Å². The summed E-state index contributed by atoms with van der Waals surface area (Å²) in [5.41, 5.74) is 2.28. The molecular formula is C14H17BN4O2. The first kappa shape index (κ1) is 13.9. The quantitative estimate of drug-likeness (QED) is 0.824. The summed E-state index contributed by atoms with van der Waals surface area (Å²) in [6, 6.07) is 1.88. The molecule has 21 heavy (non-hydrogen) atoms. The summed E-state index contributed by atoms with van der Waals surface area (Å²) in [7, 11) is 5.91. The molecule has 2 aromatic heterocycles. The Bertz CT molecular complexity index is 670. The maximum Gasteiger partial charge on any atom is 0.242 e. The highest BCUT2D eigenvalue weighted by molar-refractivity contribution is 6.12. The molecule has 1 aliphatic heterocycles. The number of carbonyl (C=O) groups excluding carboxylic acids is 1. The number of fused-ring (bicyclic) bond motifs is 1. The van der Waals surface area contributed by atoms with Crippen molar-refractivity contribution in [2.45, 2.75) is 32.2 Å². The molecule has 0 saturated carbocycles. The number of aromatic nitrogens is 3. The molecule has 1 amide bonds. The van der Waals surface area contributed by atoms with Crippen LogP contribution in [0.3, 0.4) is 0 Å². The van der Waals surface area contributed by atoms with Gasteiger partial charge in [-0.2, -0.15) is 0 Å². The molecule has 0 bridgehead atoms. The van der Waals surface area contributed by atoms with E-state index in [0.717, 1.165) is 11.2 Å². The van der Waals surface area contributed by atoms with Crippen molar-refractivity contribution in [1.29, 1.82) is 0 Å². The Morgan fingerprint density at radius 2 is 2.29 bits per heavy atom. The van der Waals surface area contributed by atoms with Gasteiger partial charge >= 0.3 is 0 Å². The van der Waals surface area contributed by atoms with Crippen molar-refractivity contribution in [2.75, 3.05) is 6.54 Å². The summed E-state index contributed by atoms with van der Waals surface area (Å²) in [6.45, 7) is 4.46. The third-order valence-corrected chi connectivity index (χ3v) is 3.83. The van der Waals surface area contributed by atoms with Crippen molar-refractivity contribution in [3.8, 4) is 5.88 Å². The normalized spacial score (nSPS) is 21.2. The minimum atomic E-state index is -0.190. The lowest BCUT2D eigenvalue weighted by atomic mass is 9.86. The van der Waals surface area contributed by atoms with Gasteiger partial charge in [0.05, 0.1) is 19.7 Å². The second-order valence-electron chi connectivity index (χ2n) is 5.53. The van der Waals surface area contributed by atoms with Gasteiger partial charge in [-0.15, -0.1) is 0 Å². The third-order valence-electron chi connectivity index (χ3n) is 3.83. The van der Waals surface area contributed by atoms with Crippen LogP contribution in [0.1, 0.15) is 31.8 Å². The van der Waals surface area contributed by atoms with Gasteiger partial charge in [-0.3, -0.25) is 4.79 Å². The number of amides is 1. The molecule has 0 aromatic carbocycles. The number of carbonyl (C=O) groups is 1. The fraction of sp³-hybridized carbons (Fsp3) is 0.500. The van der Waals surface area contributed by atoms with Crippen LogP contribution in [0.5, 0.6) is 5.88 Å². The van der Waals surface area contributed by atoms with E-state index in [1.165, 1.54) is 0 Å². The second kappa shape index (κ2) is 5.39. The fourth-order valence-corrected chi connectivity index (χ4v) is 2.48. The van der Waals surface area contributed by atoms with Crippen molar-refractivity contribution in [3.63, 3.8) is 0 Å². The highest BCUT2D eigenvalue weighted by Gasteiger charge is 2.28. The average Bonchev–Trinajstić information content (AvgIpc) is 3.06. The SMILES string of the molecule is [B][C@H](C)c1cc2[nH]cnc2c(O[C@H](C)[C@H]2CNC(=O)C2)n1. The van der Waals surface area contributed by atoms with Crippen LogP contribution in [-0.4, -0.2) is 41.4 Å². The van der Waals surface area contributed by atoms with Crippen LogP contribution >= 0.6 is 0 Å². The van der Waals surface area contributed by atoms with E-state index in [1.54, 1.807) is 6.33 Å². The van der Waals surface area contributed by atoms with E-state index >= 15 is 0 Å². The topological polar surface area (TPSA) is 79.9 Å². The molecule has 0 unspecified atom stereocenters. The molecule has 2 radical (unpaired) electrons. The van der Waals surface area contributed by atoms with Gasteiger partial charge in [0.25, 0.3) is 0 Å². The first-order valence-corrected chi connectivity index (χ1v) is 7.07. The zero-order valence-electron chi connectivity index (χ0n) is 12.1. The lowest BCUT2D eigenvalue weighted by Gasteiger charge is -2.19. The molecule has 1 fully saturated rings. The summed E-state index contributed by atoms with van der Waals surface area (Å²) in [5, 5.41) is 2.82. The highest BCUT2D eigenvalue weighted by Crippen LogP contribution is 2.27. The molecule has 108 valence electrons. The smallest absolute Gasteiger partial charge is 0.242 e. The predicted octanol–water partition coefficient (Wildman–Crippen LogP) is 1.09. The zero-order chi connectivity index (χ0) is 15.0. The Morgan fingerprint density at radius 1 is 1.48 bits per heavy atom. The first-order valence-electron chi connectivity index (χ1n) is 7.07. The van der Waals surface area contributed by atoms with Gasteiger partial charge in [-0.05, 0) is 18.8 Å². The lowest BCUT2D eigenvalue weighted by Crippen LogP contribution is -2.26. The number of aromatic amines is 1. The fourth-order valence-electron chi connectivity index (χ4n) is 2.48. The molecule has 6 nitrogen and oxygen atoms in total. The number of H-pyrrole nitrogens is 1. The number of nitrogens with zero attached hydrogens (tertiary/aromatic N) is 2. The van der Waals surface area contributed by atoms with Gasteiger partial charge in [0.1, 0.15) is 6.10 Å². The maximum atomic E-state index is 11.3. The largest absolute Gasteiger partial charge is 0.473 e. The monoisotopic (exact) mass is 284 g/mol. The van der Waals surface area contributed by atoms with E-state index in [2.05, 4.69) is 20.3 Å². The minimum Gasteiger partial charge on any atom is -0.473 e. The van der Waals surface area contributed by atoms with Crippen molar-refractivity contribution in [1.82, 2.24) is 20.3 Å². The van der Waals surface area contributed by atoms with Gasteiger partial charge in [0, 0.05) is 24.6 Å². The third kappa shape index (κ3) is 2.72. The van der Waals surface area contributed by atoms with E-state index in [-0.39, 0.29) is 23.7 Å². The standard InChI is InChI=1S/C14H17BN4O2/c1-7(15)10-4-11-13(18-6-17-11)14(19-10)21-8(2)9-3-12(20)16-5-9/h4,6-9H,3,5H2,1-2H3,(H,16,20)(H,17,18)/t7-,8-,9-/m1/s1. The molecule has 7 heteroatoms. The minimum absolute atomic E-state index is 0.0673. The van der Waals surface area contributed by atoms with Crippen LogP contribution in [0.15, 0.2) is 12.4 Å². The molecule has 0 spiro atoms.